The summed E-state index contributed by atoms with van der Waals surface area (Å²) < 4.78 is 43.9. The summed E-state index contributed by atoms with van der Waals surface area (Å²) in [6.07, 6.45) is -4.75. The van der Waals surface area contributed by atoms with Crippen molar-refractivity contribution in [2.45, 2.75) is 6.36 Å². The summed E-state index contributed by atoms with van der Waals surface area (Å²) in [5.74, 6) is -0.377. The molecule has 0 aromatic heterocycles. The third-order valence-corrected chi connectivity index (χ3v) is 1.53. The van der Waals surface area contributed by atoms with Gasteiger partial charge in [-0.1, -0.05) is 0 Å². The molecule has 0 fully saturated rings. The van der Waals surface area contributed by atoms with Gasteiger partial charge < -0.3 is 9.47 Å². The number of ether oxygens (including phenoxy) is 2. The van der Waals surface area contributed by atoms with Crippen molar-refractivity contribution in [1.82, 2.24) is 0 Å². The number of hydrogen-bond acceptors (Lipinski definition) is 3. The Balaban J connectivity index is 3.00. The fraction of sp³-hybridized carbons (Fsp3) is 0.222. The van der Waals surface area contributed by atoms with E-state index in [9.17, 15) is 13.2 Å². The number of halogens is 3. The van der Waals surface area contributed by atoms with E-state index >= 15 is 0 Å². The standard InChI is InChI=1S/C9H6F3NO2/c1-14-8-4-7(15-9(10,11)12)3-2-6(8)5-13/h2-4H,1H3. The van der Waals surface area contributed by atoms with Crippen LogP contribution in [0.15, 0.2) is 18.2 Å². The monoisotopic (exact) mass is 217 g/mol. The first-order chi connectivity index (χ1) is 6.96. The van der Waals surface area contributed by atoms with Crippen LogP contribution in [0, 0.1) is 11.3 Å². The van der Waals surface area contributed by atoms with Crippen molar-refractivity contribution in [3.63, 3.8) is 0 Å². The molecule has 0 saturated heterocycles. The van der Waals surface area contributed by atoms with Crippen LogP contribution in [0.3, 0.4) is 0 Å². The maximum absolute atomic E-state index is 11.8. The second-order valence-electron chi connectivity index (χ2n) is 2.52. The van der Waals surface area contributed by atoms with Gasteiger partial charge in [0.1, 0.15) is 17.6 Å². The molecule has 0 heterocycles. The Hall–Kier alpha value is -1.90. The van der Waals surface area contributed by atoms with Gasteiger partial charge in [0.2, 0.25) is 0 Å². The number of methoxy groups -OCH3 is 1. The highest BCUT2D eigenvalue weighted by molar-refractivity contribution is 5.47. The van der Waals surface area contributed by atoms with Gasteiger partial charge in [0.15, 0.2) is 0 Å². The van der Waals surface area contributed by atoms with Crippen molar-refractivity contribution in [3.8, 4) is 17.6 Å². The summed E-state index contributed by atoms with van der Waals surface area (Å²) in [5.41, 5.74) is 0.145. The Morgan fingerprint density at radius 2 is 2.00 bits per heavy atom. The van der Waals surface area contributed by atoms with E-state index in [-0.39, 0.29) is 11.3 Å². The van der Waals surface area contributed by atoms with Gasteiger partial charge in [-0.3, -0.25) is 0 Å². The maximum atomic E-state index is 11.8. The minimum absolute atomic E-state index is 0.0410. The van der Waals surface area contributed by atoms with E-state index in [1.54, 1.807) is 6.07 Å². The number of nitriles is 1. The van der Waals surface area contributed by atoms with Gasteiger partial charge in [0.05, 0.1) is 12.7 Å². The molecule has 0 aliphatic carbocycles. The van der Waals surface area contributed by atoms with Crippen LogP contribution in [0.2, 0.25) is 0 Å². The molecular weight excluding hydrogens is 211 g/mol. The topological polar surface area (TPSA) is 42.2 Å². The Labute approximate surface area is 83.6 Å². The van der Waals surface area contributed by atoms with Gasteiger partial charge in [-0.25, -0.2) is 0 Å². The van der Waals surface area contributed by atoms with E-state index in [1.165, 1.54) is 13.2 Å². The van der Waals surface area contributed by atoms with Crippen LogP contribution in [0.4, 0.5) is 13.2 Å². The fourth-order valence-electron chi connectivity index (χ4n) is 0.961. The van der Waals surface area contributed by atoms with Gasteiger partial charge >= 0.3 is 6.36 Å². The van der Waals surface area contributed by atoms with Crippen LogP contribution in [-0.4, -0.2) is 13.5 Å². The van der Waals surface area contributed by atoms with Crippen LogP contribution < -0.4 is 9.47 Å². The molecule has 1 rings (SSSR count). The van der Waals surface area contributed by atoms with Crippen LogP contribution in [0.25, 0.3) is 0 Å². The summed E-state index contributed by atoms with van der Waals surface area (Å²) in [6, 6.07) is 5.03. The third-order valence-electron chi connectivity index (χ3n) is 1.53. The van der Waals surface area contributed by atoms with Crippen molar-refractivity contribution in [2.75, 3.05) is 7.11 Å². The average Bonchev–Trinajstić information content (AvgIpc) is 2.15. The molecule has 0 bridgehead atoms. The van der Waals surface area contributed by atoms with E-state index in [0.717, 1.165) is 12.1 Å². The number of hydrogen-bond donors (Lipinski definition) is 0. The van der Waals surface area contributed by atoms with Crippen LogP contribution in [0.1, 0.15) is 5.56 Å². The lowest BCUT2D eigenvalue weighted by molar-refractivity contribution is -0.274. The zero-order valence-corrected chi connectivity index (χ0v) is 7.63. The SMILES string of the molecule is COc1cc(OC(F)(F)F)ccc1C#N. The Bertz CT molecular complexity index is 395. The van der Waals surface area contributed by atoms with Crippen LogP contribution >= 0.6 is 0 Å². The molecule has 15 heavy (non-hydrogen) atoms. The number of nitrogens with zero attached hydrogens (tertiary/aromatic N) is 1. The second-order valence-corrected chi connectivity index (χ2v) is 2.52. The lowest BCUT2D eigenvalue weighted by atomic mass is 10.2. The molecular formula is C9H6F3NO2. The molecule has 0 amide bonds. The predicted molar refractivity (Wildman–Crippen MR) is 44.4 cm³/mol. The van der Waals surface area contributed by atoms with E-state index in [1.807, 2.05) is 0 Å². The van der Waals surface area contributed by atoms with Crippen molar-refractivity contribution in [1.29, 1.82) is 5.26 Å². The number of rotatable bonds is 2. The molecule has 3 nitrogen and oxygen atoms in total. The van der Waals surface area contributed by atoms with Gasteiger partial charge in [-0.05, 0) is 12.1 Å². The Morgan fingerprint density at radius 3 is 2.47 bits per heavy atom. The molecule has 0 spiro atoms. The van der Waals surface area contributed by atoms with E-state index in [2.05, 4.69) is 4.74 Å². The first kappa shape index (κ1) is 11.2. The van der Waals surface area contributed by atoms with Gasteiger partial charge in [0.25, 0.3) is 0 Å². The van der Waals surface area contributed by atoms with Crippen LogP contribution in [-0.2, 0) is 0 Å². The minimum Gasteiger partial charge on any atom is -0.495 e. The van der Waals surface area contributed by atoms with E-state index < -0.39 is 12.1 Å². The van der Waals surface area contributed by atoms with Crippen molar-refractivity contribution >= 4 is 0 Å². The lowest BCUT2D eigenvalue weighted by Gasteiger charge is -2.10. The van der Waals surface area contributed by atoms with E-state index in [4.69, 9.17) is 10.00 Å². The average molecular weight is 217 g/mol. The predicted octanol–water partition coefficient (Wildman–Crippen LogP) is 2.47. The first-order valence-electron chi connectivity index (χ1n) is 3.80. The molecule has 0 aliphatic heterocycles. The molecule has 0 aliphatic rings. The second kappa shape index (κ2) is 4.09. The Kier molecular flexibility index (Phi) is 3.04. The van der Waals surface area contributed by atoms with E-state index in [0.29, 0.717) is 0 Å². The van der Waals surface area contributed by atoms with Crippen molar-refractivity contribution in [3.05, 3.63) is 23.8 Å². The summed E-state index contributed by atoms with van der Waals surface area (Å²) in [7, 11) is 1.26. The maximum Gasteiger partial charge on any atom is 0.573 e. The molecule has 0 unspecified atom stereocenters. The molecule has 0 saturated carbocycles. The quantitative estimate of drug-likeness (QED) is 0.764. The van der Waals surface area contributed by atoms with Crippen molar-refractivity contribution in [2.24, 2.45) is 0 Å². The zero-order chi connectivity index (χ0) is 11.5. The highest BCUT2D eigenvalue weighted by atomic mass is 19.4. The molecule has 80 valence electrons. The molecule has 0 atom stereocenters. The summed E-state index contributed by atoms with van der Waals surface area (Å²) in [5, 5.41) is 8.58. The smallest absolute Gasteiger partial charge is 0.495 e. The van der Waals surface area contributed by atoms with Crippen molar-refractivity contribution < 1.29 is 22.6 Å². The Morgan fingerprint density at radius 1 is 1.33 bits per heavy atom. The summed E-state index contributed by atoms with van der Waals surface area (Å²) in [6.45, 7) is 0. The molecule has 0 radical (unpaired) electrons. The van der Waals surface area contributed by atoms with Gasteiger partial charge in [-0.15, -0.1) is 13.2 Å². The third kappa shape index (κ3) is 3.06. The number of alkyl halides is 3. The molecule has 6 heteroatoms. The number of benzene rings is 1. The summed E-state index contributed by atoms with van der Waals surface area (Å²) >= 11 is 0. The van der Waals surface area contributed by atoms with Gasteiger partial charge in [0, 0.05) is 6.07 Å². The minimum atomic E-state index is -4.75. The van der Waals surface area contributed by atoms with Gasteiger partial charge in [-0.2, -0.15) is 5.26 Å². The molecule has 1 aromatic rings. The molecule has 1 aromatic carbocycles. The van der Waals surface area contributed by atoms with Crippen LogP contribution in [0.5, 0.6) is 11.5 Å². The highest BCUT2D eigenvalue weighted by Gasteiger charge is 2.31. The lowest BCUT2D eigenvalue weighted by Crippen LogP contribution is -2.17. The molecule has 0 N–H and O–H groups in total. The summed E-state index contributed by atoms with van der Waals surface area (Å²) in [4.78, 5) is 0. The normalized spacial score (nSPS) is 10.6. The fourth-order valence-corrected chi connectivity index (χ4v) is 0.961. The highest BCUT2D eigenvalue weighted by Crippen LogP contribution is 2.28. The first-order valence-corrected chi connectivity index (χ1v) is 3.80. The zero-order valence-electron chi connectivity index (χ0n) is 7.63. The largest absolute Gasteiger partial charge is 0.573 e.